The summed E-state index contributed by atoms with van der Waals surface area (Å²) in [5, 5.41) is 10.6. The van der Waals surface area contributed by atoms with E-state index < -0.39 is 16.4 Å². The fourth-order valence-electron chi connectivity index (χ4n) is 2.50. The van der Waals surface area contributed by atoms with Gasteiger partial charge in [0.25, 0.3) is 0 Å². The molecule has 1 saturated carbocycles. The molecular formula is C15H28O4S. The quantitative estimate of drug-likeness (QED) is 0.765. The molecule has 5 heteroatoms. The van der Waals surface area contributed by atoms with E-state index in [9.17, 15) is 14.1 Å². The van der Waals surface area contributed by atoms with Crippen LogP contribution < -0.4 is 0 Å². The molecule has 1 N–H and O–H groups in total. The van der Waals surface area contributed by atoms with Crippen LogP contribution in [-0.2, 0) is 20.3 Å². The van der Waals surface area contributed by atoms with Gasteiger partial charge in [0.1, 0.15) is 0 Å². The van der Waals surface area contributed by atoms with Gasteiger partial charge in [-0.25, -0.2) is 0 Å². The van der Waals surface area contributed by atoms with E-state index in [1.807, 2.05) is 20.8 Å². The summed E-state index contributed by atoms with van der Waals surface area (Å²) in [7, 11) is -1.02. The smallest absolute Gasteiger partial charge is 0.308 e. The molecule has 0 radical (unpaired) electrons. The van der Waals surface area contributed by atoms with Crippen LogP contribution in [0.25, 0.3) is 0 Å². The van der Waals surface area contributed by atoms with Gasteiger partial charge in [0.15, 0.2) is 0 Å². The van der Waals surface area contributed by atoms with Crippen molar-refractivity contribution in [3.05, 3.63) is 0 Å². The Morgan fingerprint density at radius 1 is 1.35 bits per heavy atom. The zero-order valence-electron chi connectivity index (χ0n) is 13.1. The first kappa shape index (κ1) is 17.6. The number of hydrogen-bond acceptors (Lipinski definition) is 4. The van der Waals surface area contributed by atoms with Gasteiger partial charge in [0, 0.05) is 16.0 Å². The number of carbonyl (C=O) groups excluding carboxylic acids is 1. The van der Waals surface area contributed by atoms with Crippen molar-refractivity contribution in [1.82, 2.24) is 0 Å². The maximum atomic E-state index is 12.2. The molecule has 2 unspecified atom stereocenters. The molecule has 1 rings (SSSR count). The second-order valence-corrected chi connectivity index (χ2v) is 8.02. The topological polar surface area (TPSA) is 63.6 Å². The van der Waals surface area contributed by atoms with Gasteiger partial charge in [0.2, 0.25) is 0 Å². The SMILES string of the molecule is CCOC(=O)C1CCC(O)(CS(=O)C(C)C(C)C)CC1. The van der Waals surface area contributed by atoms with Gasteiger partial charge in [0.05, 0.1) is 23.9 Å². The van der Waals surface area contributed by atoms with Crippen LogP contribution in [0.15, 0.2) is 0 Å². The zero-order valence-corrected chi connectivity index (χ0v) is 13.9. The van der Waals surface area contributed by atoms with Crippen molar-refractivity contribution in [3.63, 3.8) is 0 Å². The molecule has 0 aromatic rings. The molecule has 0 aromatic carbocycles. The molecule has 2 atom stereocenters. The van der Waals surface area contributed by atoms with Crippen molar-refractivity contribution in [2.45, 2.75) is 64.2 Å². The van der Waals surface area contributed by atoms with E-state index in [1.54, 1.807) is 6.92 Å². The predicted octanol–water partition coefficient (Wildman–Crippen LogP) is 2.26. The van der Waals surface area contributed by atoms with Crippen LogP contribution in [0.5, 0.6) is 0 Å². The van der Waals surface area contributed by atoms with Crippen LogP contribution >= 0.6 is 0 Å². The van der Waals surface area contributed by atoms with Gasteiger partial charge in [-0.2, -0.15) is 0 Å². The van der Waals surface area contributed by atoms with Crippen LogP contribution in [0.3, 0.4) is 0 Å². The molecule has 0 heterocycles. The van der Waals surface area contributed by atoms with Crippen LogP contribution in [0.1, 0.15) is 53.4 Å². The molecule has 0 amide bonds. The lowest BCUT2D eigenvalue weighted by atomic mass is 9.80. The number of ether oxygens (including phenoxy) is 1. The highest BCUT2D eigenvalue weighted by atomic mass is 32.2. The lowest BCUT2D eigenvalue weighted by molar-refractivity contribution is -0.150. The first-order valence-corrected chi connectivity index (χ1v) is 8.93. The number of esters is 1. The Morgan fingerprint density at radius 2 is 1.90 bits per heavy atom. The summed E-state index contributed by atoms with van der Waals surface area (Å²) in [6.07, 6.45) is 2.32. The Morgan fingerprint density at radius 3 is 2.35 bits per heavy atom. The molecule has 0 aromatic heterocycles. The largest absolute Gasteiger partial charge is 0.466 e. The zero-order chi connectivity index (χ0) is 15.3. The van der Waals surface area contributed by atoms with E-state index >= 15 is 0 Å². The minimum absolute atomic E-state index is 0.0850. The maximum Gasteiger partial charge on any atom is 0.308 e. The second-order valence-electron chi connectivity index (χ2n) is 6.22. The highest BCUT2D eigenvalue weighted by Crippen LogP contribution is 2.34. The summed E-state index contributed by atoms with van der Waals surface area (Å²) in [6, 6.07) is 0. The van der Waals surface area contributed by atoms with Crippen molar-refractivity contribution in [2.24, 2.45) is 11.8 Å². The summed E-state index contributed by atoms with van der Waals surface area (Å²) >= 11 is 0. The summed E-state index contributed by atoms with van der Waals surface area (Å²) in [5.41, 5.74) is -0.878. The molecule has 118 valence electrons. The van der Waals surface area contributed by atoms with E-state index in [4.69, 9.17) is 4.74 Å². The van der Waals surface area contributed by atoms with Gasteiger partial charge >= 0.3 is 5.97 Å². The van der Waals surface area contributed by atoms with Crippen LogP contribution in [0, 0.1) is 11.8 Å². The first-order chi connectivity index (χ1) is 9.29. The lowest BCUT2D eigenvalue weighted by Crippen LogP contribution is -2.42. The van der Waals surface area contributed by atoms with Gasteiger partial charge in [-0.05, 0) is 38.5 Å². The fourth-order valence-corrected chi connectivity index (χ4v) is 4.18. The van der Waals surface area contributed by atoms with Gasteiger partial charge in [-0.15, -0.1) is 0 Å². The van der Waals surface area contributed by atoms with E-state index in [0.717, 1.165) is 0 Å². The number of rotatable bonds is 6. The van der Waals surface area contributed by atoms with Crippen LogP contribution in [0.4, 0.5) is 0 Å². The van der Waals surface area contributed by atoms with E-state index in [1.165, 1.54) is 0 Å². The summed E-state index contributed by atoms with van der Waals surface area (Å²) < 4.78 is 17.3. The Kier molecular flexibility index (Phi) is 6.65. The summed E-state index contributed by atoms with van der Waals surface area (Å²) in [5.74, 6) is 0.398. The van der Waals surface area contributed by atoms with Crippen molar-refractivity contribution >= 4 is 16.8 Å². The first-order valence-electron chi connectivity index (χ1n) is 7.55. The molecule has 20 heavy (non-hydrogen) atoms. The summed E-state index contributed by atoms with van der Waals surface area (Å²) in [6.45, 7) is 8.26. The lowest BCUT2D eigenvalue weighted by Gasteiger charge is -2.35. The third-order valence-corrected chi connectivity index (χ3v) is 6.50. The van der Waals surface area contributed by atoms with E-state index in [-0.39, 0.29) is 17.1 Å². The van der Waals surface area contributed by atoms with Crippen molar-refractivity contribution in [1.29, 1.82) is 0 Å². The average molecular weight is 304 g/mol. The molecule has 1 fully saturated rings. The maximum absolute atomic E-state index is 12.2. The Labute approximate surface area is 124 Å². The van der Waals surface area contributed by atoms with Gasteiger partial charge < -0.3 is 9.84 Å². The number of aliphatic hydroxyl groups is 1. The van der Waals surface area contributed by atoms with Gasteiger partial charge in [-0.1, -0.05) is 20.8 Å². The van der Waals surface area contributed by atoms with Gasteiger partial charge in [-0.3, -0.25) is 9.00 Å². The minimum Gasteiger partial charge on any atom is -0.466 e. The van der Waals surface area contributed by atoms with Crippen LogP contribution in [-0.4, -0.2) is 38.5 Å². The molecule has 0 bridgehead atoms. The highest BCUT2D eigenvalue weighted by Gasteiger charge is 2.38. The van der Waals surface area contributed by atoms with E-state index in [2.05, 4.69) is 0 Å². The van der Waals surface area contributed by atoms with Crippen LogP contribution in [0.2, 0.25) is 0 Å². The molecular weight excluding hydrogens is 276 g/mol. The summed E-state index contributed by atoms with van der Waals surface area (Å²) in [4.78, 5) is 11.7. The van der Waals surface area contributed by atoms with Crippen molar-refractivity contribution in [2.75, 3.05) is 12.4 Å². The molecule has 1 aliphatic rings. The second kappa shape index (κ2) is 7.55. The highest BCUT2D eigenvalue weighted by molar-refractivity contribution is 7.85. The normalized spacial score (nSPS) is 30.0. The minimum atomic E-state index is -1.02. The Bertz CT molecular complexity index is 346. The molecule has 1 aliphatic carbocycles. The Balaban J connectivity index is 2.50. The molecule has 4 nitrogen and oxygen atoms in total. The Hall–Kier alpha value is -0.420. The van der Waals surface area contributed by atoms with Crippen molar-refractivity contribution in [3.8, 4) is 0 Å². The average Bonchev–Trinajstić information content (AvgIpc) is 2.38. The third-order valence-electron chi connectivity index (χ3n) is 4.30. The fraction of sp³-hybridized carbons (Fsp3) is 0.933. The van der Waals surface area contributed by atoms with E-state index in [0.29, 0.717) is 44.0 Å². The number of hydrogen-bond donors (Lipinski definition) is 1. The molecule has 0 spiro atoms. The number of carbonyl (C=O) groups is 1. The molecule has 0 saturated heterocycles. The van der Waals surface area contributed by atoms with Crippen molar-refractivity contribution < 1.29 is 18.8 Å². The standard InChI is InChI=1S/C15H28O4S/c1-5-19-14(16)13-6-8-15(17,9-7-13)10-20(18)12(4)11(2)3/h11-13,17H,5-10H2,1-4H3. The molecule has 0 aliphatic heterocycles. The third kappa shape index (κ3) is 4.85. The predicted molar refractivity (Wildman–Crippen MR) is 80.9 cm³/mol. The monoisotopic (exact) mass is 304 g/mol.